The van der Waals surface area contributed by atoms with Gasteiger partial charge in [0.15, 0.2) is 0 Å². The van der Waals surface area contributed by atoms with Gasteiger partial charge in [0.1, 0.15) is 5.82 Å². The van der Waals surface area contributed by atoms with Crippen molar-refractivity contribution < 1.29 is 4.39 Å². The van der Waals surface area contributed by atoms with E-state index in [2.05, 4.69) is 53.8 Å². The van der Waals surface area contributed by atoms with E-state index in [1.165, 1.54) is 6.07 Å². The van der Waals surface area contributed by atoms with Crippen LogP contribution in [0.3, 0.4) is 0 Å². The Hall–Kier alpha value is -0.450. The molecule has 1 aliphatic heterocycles. The summed E-state index contributed by atoms with van der Waals surface area (Å²) in [6.07, 6.45) is 0. The largest absolute Gasteiger partial charge is 0.311 e. The van der Waals surface area contributed by atoms with Gasteiger partial charge in [-0.05, 0) is 39.9 Å². The van der Waals surface area contributed by atoms with Crippen molar-refractivity contribution in [3.05, 3.63) is 34.1 Å². The number of nitrogens with one attached hydrogen (secondary N) is 1. The van der Waals surface area contributed by atoms with Gasteiger partial charge in [0.05, 0.1) is 4.47 Å². The van der Waals surface area contributed by atoms with Gasteiger partial charge in [-0.15, -0.1) is 0 Å². The summed E-state index contributed by atoms with van der Waals surface area (Å²) < 4.78 is 14.2. The molecule has 2 unspecified atom stereocenters. The molecule has 0 amide bonds. The van der Waals surface area contributed by atoms with Crippen LogP contribution in [0.15, 0.2) is 22.7 Å². The Morgan fingerprint density at radius 2 is 2.10 bits per heavy atom. The molecule has 4 heteroatoms. The van der Waals surface area contributed by atoms with E-state index in [0.29, 0.717) is 16.6 Å². The van der Waals surface area contributed by atoms with Crippen LogP contribution in [0.4, 0.5) is 4.39 Å². The lowest BCUT2D eigenvalue weighted by atomic mass is 9.84. The van der Waals surface area contributed by atoms with Crippen molar-refractivity contribution in [2.45, 2.75) is 46.3 Å². The van der Waals surface area contributed by atoms with Gasteiger partial charge in [-0.3, -0.25) is 4.90 Å². The van der Waals surface area contributed by atoms with Crippen LogP contribution < -0.4 is 5.32 Å². The fourth-order valence-corrected chi connectivity index (χ4v) is 3.00. The summed E-state index contributed by atoms with van der Waals surface area (Å²) in [7, 11) is 0. The van der Waals surface area contributed by atoms with E-state index in [0.717, 1.165) is 25.2 Å². The van der Waals surface area contributed by atoms with E-state index in [1.54, 1.807) is 6.07 Å². The predicted octanol–water partition coefficient (Wildman–Crippen LogP) is 3.80. The van der Waals surface area contributed by atoms with Gasteiger partial charge in [0.2, 0.25) is 0 Å². The molecule has 1 fully saturated rings. The molecule has 1 saturated heterocycles. The minimum Gasteiger partial charge on any atom is -0.311 e. The van der Waals surface area contributed by atoms with E-state index in [1.807, 2.05) is 6.07 Å². The second kappa shape index (κ2) is 6.12. The lowest BCUT2D eigenvalue weighted by molar-refractivity contribution is 0.0875. The molecule has 0 aliphatic carbocycles. The fourth-order valence-electron chi connectivity index (χ4n) is 2.61. The third-order valence-corrected chi connectivity index (χ3v) is 5.04. The van der Waals surface area contributed by atoms with Gasteiger partial charge >= 0.3 is 0 Å². The lowest BCUT2D eigenvalue weighted by Gasteiger charge is -2.44. The third kappa shape index (κ3) is 3.60. The zero-order valence-corrected chi connectivity index (χ0v) is 14.3. The number of piperazine rings is 1. The SMILES string of the molecule is CC1CNC(C(C)(C)C)CN1Cc1cccc(F)c1Br. The van der Waals surface area contributed by atoms with Crippen LogP contribution in [0, 0.1) is 11.2 Å². The van der Waals surface area contributed by atoms with Gasteiger partial charge in [-0.2, -0.15) is 0 Å². The van der Waals surface area contributed by atoms with Gasteiger partial charge < -0.3 is 5.32 Å². The van der Waals surface area contributed by atoms with Crippen molar-refractivity contribution in [2.75, 3.05) is 13.1 Å². The summed E-state index contributed by atoms with van der Waals surface area (Å²) in [5.41, 5.74) is 1.25. The van der Waals surface area contributed by atoms with E-state index in [-0.39, 0.29) is 11.2 Å². The van der Waals surface area contributed by atoms with Crippen LogP contribution in [0.5, 0.6) is 0 Å². The molecule has 1 aromatic rings. The number of hydrogen-bond acceptors (Lipinski definition) is 2. The quantitative estimate of drug-likeness (QED) is 0.879. The maximum Gasteiger partial charge on any atom is 0.137 e. The van der Waals surface area contributed by atoms with Crippen LogP contribution in [0.25, 0.3) is 0 Å². The first-order valence-electron chi connectivity index (χ1n) is 7.19. The first kappa shape index (κ1) is 15.9. The zero-order valence-electron chi connectivity index (χ0n) is 12.7. The number of rotatable bonds is 2. The Balaban J connectivity index is 2.12. The molecular formula is C16H24BrFN2. The highest BCUT2D eigenvalue weighted by Gasteiger charge is 2.32. The smallest absolute Gasteiger partial charge is 0.137 e. The molecular weight excluding hydrogens is 319 g/mol. The monoisotopic (exact) mass is 342 g/mol. The fraction of sp³-hybridized carbons (Fsp3) is 0.625. The zero-order chi connectivity index (χ0) is 14.9. The number of benzene rings is 1. The van der Waals surface area contributed by atoms with Crippen molar-refractivity contribution in [3.8, 4) is 0 Å². The van der Waals surface area contributed by atoms with Crippen LogP contribution in [0.2, 0.25) is 0 Å². The van der Waals surface area contributed by atoms with Crippen LogP contribution in [0.1, 0.15) is 33.3 Å². The molecule has 0 aromatic heterocycles. The topological polar surface area (TPSA) is 15.3 Å². The van der Waals surface area contributed by atoms with Gasteiger partial charge in [-0.1, -0.05) is 32.9 Å². The summed E-state index contributed by atoms with van der Waals surface area (Å²) in [6.45, 7) is 11.8. The normalized spacial score (nSPS) is 24.9. The maximum absolute atomic E-state index is 13.6. The molecule has 112 valence electrons. The van der Waals surface area contributed by atoms with E-state index >= 15 is 0 Å². The summed E-state index contributed by atoms with van der Waals surface area (Å²) in [4.78, 5) is 2.44. The first-order chi connectivity index (χ1) is 9.29. The Kier molecular flexibility index (Phi) is 4.88. The minimum absolute atomic E-state index is 0.183. The summed E-state index contributed by atoms with van der Waals surface area (Å²) in [5, 5.41) is 3.62. The van der Waals surface area contributed by atoms with Gasteiger partial charge in [-0.25, -0.2) is 4.39 Å². The van der Waals surface area contributed by atoms with Crippen molar-refractivity contribution in [1.82, 2.24) is 10.2 Å². The molecule has 2 atom stereocenters. The number of halogens is 2. The summed E-state index contributed by atoms with van der Waals surface area (Å²) in [6, 6.07) is 6.19. The molecule has 2 nitrogen and oxygen atoms in total. The van der Waals surface area contributed by atoms with Crippen molar-refractivity contribution >= 4 is 15.9 Å². The highest BCUT2D eigenvalue weighted by Crippen LogP contribution is 2.27. The van der Waals surface area contributed by atoms with Crippen LogP contribution >= 0.6 is 15.9 Å². The standard InChI is InChI=1S/C16H24BrFN2/c1-11-8-19-14(16(2,3)4)10-20(11)9-12-6-5-7-13(18)15(12)17/h5-7,11,14,19H,8-10H2,1-4H3. The second-order valence-corrected chi connectivity index (χ2v) is 7.61. The molecule has 0 radical (unpaired) electrons. The van der Waals surface area contributed by atoms with Crippen LogP contribution in [-0.4, -0.2) is 30.1 Å². The Morgan fingerprint density at radius 3 is 2.75 bits per heavy atom. The van der Waals surface area contributed by atoms with Crippen molar-refractivity contribution in [3.63, 3.8) is 0 Å². The van der Waals surface area contributed by atoms with Crippen LogP contribution in [-0.2, 0) is 6.54 Å². The second-order valence-electron chi connectivity index (χ2n) is 6.82. The lowest BCUT2D eigenvalue weighted by Crippen LogP contribution is -2.59. The highest BCUT2D eigenvalue weighted by molar-refractivity contribution is 9.10. The molecule has 2 rings (SSSR count). The highest BCUT2D eigenvalue weighted by atomic mass is 79.9. The average molecular weight is 343 g/mol. The van der Waals surface area contributed by atoms with E-state index in [9.17, 15) is 4.39 Å². The number of hydrogen-bond donors (Lipinski definition) is 1. The maximum atomic E-state index is 13.6. The van der Waals surface area contributed by atoms with E-state index in [4.69, 9.17) is 0 Å². The molecule has 0 saturated carbocycles. The Morgan fingerprint density at radius 1 is 1.40 bits per heavy atom. The molecule has 1 heterocycles. The van der Waals surface area contributed by atoms with Gasteiger partial charge in [0, 0.05) is 31.7 Å². The summed E-state index contributed by atoms with van der Waals surface area (Å²) >= 11 is 3.36. The average Bonchev–Trinajstić information content (AvgIpc) is 2.36. The first-order valence-corrected chi connectivity index (χ1v) is 7.98. The van der Waals surface area contributed by atoms with Gasteiger partial charge in [0.25, 0.3) is 0 Å². The minimum atomic E-state index is -0.183. The molecule has 1 aromatic carbocycles. The van der Waals surface area contributed by atoms with Crippen molar-refractivity contribution in [1.29, 1.82) is 0 Å². The molecule has 0 spiro atoms. The molecule has 1 aliphatic rings. The molecule has 20 heavy (non-hydrogen) atoms. The van der Waals surface area contributed by atoms with Crippen molar-refractivity contribution in [2.24, 2.45) is 5.41 Å². The predicted molar refractivity (Wildman–Crippen MR) is 85.2 cm³/mol. The Bertz CT molecular complexity index is 470. The Labute approximate surface area is 129 Å². The molecule has 0 bridgehead atoms. The molecule has 1 N–H and O–H groups in total. The number of nitrogens with zero attached hydrogens (tertiary/aromatic N) is 1. The third-order valence-electron chi connectivity index (χ3n) is 4.15. The summed E-state index contributed by atoms with van der Waals surface area (Å²) in [5.74, 6) is -0.183. The van der Waals surface area contributed by atoms with E-state index < -0.39 is 0 Å².